The Morgan fingerprint density at radius 2 is 1.95 bits per heavy atom. The van der Waals surface area contributed by atoms with Crippen LogP contribution >= 0.6 is 0 Å². The molecule has 0 aliphatic carbocycles. The molecule has 0 unspecified atom stereocenters. The minimum Gasteiger partial charge on any atom is -0.478 e. The summed E-state index contributed by atoms with van der Waals surface area (Å²) in [5.74, 6) is -3.11. The summed E-state index contributed by atoms with van der Waals surface area (Å²) in [6.45, 7) is 0.956. The van der Waals surface area contributed by atoms with Gasteiger partial charge in [-0.1, -0.05) is 12.1 Å². The van der Waals surface area contributed by atoms with Gasteiger partial charge >= 0.3 is 17.6 Å². The monoisotopic (exact) mass is 269 g/mol. The first-order valence-electron chi connectivity index (χ1n) is 5.07. The number of hydrogen-bond donors (Lipinski definition) is 1. The lowest BCUT2D eigenvalue weighted by molar-refractivity contribution is -0.386. The van der Waals surface area contributed by atoms with Crippen LogP contribution in [-0.2, 0) is 14.3 Å². The summed E-state index contributed by atoms with van der Waals surface area (Å²) >= 11 is 0. The molecule has 0 bridgehead atoms. The normalized spacial score (nSPS) is 13.2. The predicted molar refractivity (Wildman–Crippen MR) is 61.8 cm³/mol. The molecule has 0 fully saturated rings. The Labute approximate surface area is 107 Å². The highest BCUT2D eigenvalue weighted by Crippen LogP contribution is 2.30. The summed E-state index contributed by atoms with van der Waals surface area (Å²) in [5, 5.41) is 19.8. The Bertz CT molecular complexity index is 528. The summed E-state index contributed by atoms with van der Waals surface area (Å²) in [6, 6.07) is 5.14. The topological polar surface area (TPSA) is 116 Å². The molecule has 0 aliphatic heterocycles. The van der Waals surface area contributed by atoms with Gasteiger partial charge in [-0.2, -0.15) is 0 Å². The van der Waals surface area contributed by atoms with Crippen LogP contribution in [0.3, 0.4) is 0 Å². The minimum absolute atomic E-state index is 0.331. The third-order valence-electron chi connectivity index (χ3n) is 2.36. The highest BCUT2D eigenvalue weighted by molar-refractivity contribution is 6.02. The van der Waals surface area contributed by atoms with Crippen LogP contribution in [0.25, 0.3) is 0 Å². The molecule has 1 aromatic rings. The molecule has 19 heavy (non-hydrogen) atoms. The number of benzene rings is 1. The molecule has 102 valence electrons. The van der Waals surface area contributed by atoms with E-state index in [4.69, 9.17) is 9.84 Å². The van der Waals surface area contributed by atoms with Crippen molar-refractivity contribution in [3.63, 3.8) is 0 Å². The van der Waals surface area contributed by atoms with Gasteiger partial charge in [0, 0.05) is 6.07 Å². The molecule has 0 spiro atoms. The zero-order valence-corrected chi connectivity index (χ0v) is 10.2. The quantitative estimate of drug-likeness (QED) is 0.366. The number of ether oxygens (including phenoxy) is 2. The Balaban J connectivity index is 3.22. The molecule has 0 saturated carbocycles. The minimum atomic E-state index is -2.36. The van der Waals surface area contributed by atoms with Gasteiger partial charge in [0.1, 0.15) is 0 Å². The second kappa shape index (κ2) is 5.34. The SMILES string of the molecule is COC(=O)[C@](C)(Oc1ccccc1[N+](=O)[O-])C(=O)O. The van der Waals surface area contributed by atoms with Crippen molar-refractivity contribution in [2.24, 2.45) is 0 Å². The molecule has 1 aromatic carbocycles. The maximum absolute atomic E-state index is 11.5. The largest absolute Gasteiger partial charge is 0.478 e. The lowest BCUT2D eigenvalue weighted by atomic mass is 10.1. The fourth-order valence-electron chi connectivity index (χ4n) is 1.28. The molecular formula is C11H11NO7. The molecule has 0 amide bonds. The van der Waals surface area contributed by atoms with Gasteiger partial charge in [-0.05, 0) is 13.0 Å². The van der Waals surface area contributed by atoms with Crippen molar-refractivity contribution in [1.82, 2.24) is 0 Å². The van der Waals surface area contributed by atoms with Gasteiger partial charge in [-0.15, -0.1) is 0 Å². The fraction of sp³-hybridized carbons (Fsp3) is 0.273. The molecule has 1 atom stereocenters. The smallest absolute Gasteiger partial charge is 0.361 e. The predicted octanol–water partition coefficient (Wildman–Crippen LogP) is 0.990. The van der Waals surface area contributed by atoms with Gasteiger partial charge < -0.3 is 14.6 Å². The maximum atomic E-state index is 11.5. The Kier molecular flexibility index (Phi) is 4.05. The zero-order valence-electron chi connectivity index (χ0n) is 10.2. The van der Waals surface area contributed by atoms with Gasteiger partial charge in [0.05, 0.1) is 12.0 Å². The number of methoxy groups -OCH3 is 1. The van der Waals surface area contributed by atoms with Crippen LogP contribution in [0, 0.1) is 10.1 Å². The number of nitro groups is 1. The molecule has 0 aromatic heterocycles. The molecule has 1 rings (SSSR count). The van der Waals surface area contributed by atoms with E-state index in [2.05, 4.69) is 4.74 Å². The summed E-state index contributed by atoms with van der Waals surface area (Å²) in [5.41, 5.74) is -2.81. The molecule has 8 nitrogen and oxygen atoms in total. The van der Waals surface area contributed by atoms with E-state index < -0.39 is 28.2 Å². The number of para-hydroxylation sites is 2. The van der Waals surface area contributed by atoms with Crippen LogP contribution in [0.1, 0.15) is 6.92 Å². The van der Waals surface area contributed by atoms with Crippen molar-refractivity contribution in [1.29, 1.82) is 0 Å². The summed E-state index contributed by atoms with van der Waals surface area (Å²) in [6.07, 6.45) is 0. The van der Waals surface area contributed by atoms with Crippen molar-refractivity contribution in [2.75, 3.05) is 7.11 Å². The Morgan fingerprint density at radius 3 is 2.42 bits per heavy atom. The third kappa shape index (κ3) is 2.79. The Morgan fingerprint density at radius 1 is 1.37 bits per heavy atom. The third-order valence-corrected chi connectivity index (χ3v) is 2.36. The first kappa shape index (κ1) is 14.4. The van der Waals surface area contributed by atoms with Crippen LogP contribution in [0.15, 0.2) is 24.3 Å². The highest BCUT2D eigenvalue weighted by atomic mass is 16.6. The molecule has 8 heteroatoms. The summed E-state index contributed by atoms with van der Waals surface area (Å²) < 4.78 is 9.33. The molecule has 1 N–H and O–H groups in total. The number of carboxylic acid groups (broad SMARTS) is 1. The van der Waals surface area contributed by atoms with E-state index in [1.54, 1.807) is 0 Å². The van der Waals surface area contributed by atoms with Crippen LogP contribution in [0.5, 0.6) is 5.75 Å². The van der Waals surface area contributed by atoms with E-state index in [0.29, 0.717) is 0 Å². The average molecular weight is 269 g/mol. The number of hydrogen-bond acceptors (Lipinski definition) is 6. The van der Waals surface area contributed by atoms with E-state index in [9.17, 15) is 19.7 Å². The van der Waals surface area contributed by atoms with Gasteiger partial charge in [-0.25, -0.2) is 9.59 Å². The maximum Gasteiger partial charge on any atom is 0.361 e. The number of carboxylic acids is 1. The van der Waals surface area contributed by atoms with E-state index in [0.717, 1.165) is 20.1 Å². The van der Waals surface area contributed by atoms with Gasteiger partial charge in [0.15, 0.2) is 5.75 Å². The summed E-state index contributed by atoms with van der Waals surface area (Å²) in [4.78, 5) is 32.6. The lowest BCUT2D eigenvalue weighted by Gasteiger charge is -2.22. The van der Waals surface area contributed by atoms with Crippen LogP contribution < -0.4 is 4.74 Å². The van der Waals surface area contributed by atoms with Gasteiger partial charge in [0.25, 0.3) is 5.60 Å². The first-order chi connectivity index (χ1) is 8.82. The number of carbonyl (C=O) groups excluding carboxylic acids is 1. The number of esters is 1. The van der Waals surface area contributed by atoms with E-state index >= 15 is 0 Å². The number of carbonyl (C=O) groups is 2. The zero-order chi connectivity index (χ0) is 14.6. The number of rotatable bonds is 5. The Hall–Kier alpha value is -2.64. The van der Waals surface area contributed by atoms with Crippen molar-refractivity contribution >= 4 is 17.6 Å². The highest BCUT2D eigenvalue weighted by Gasteiger charge is 2.46. The molecule has 0 aliphatic rings. The van der Waals surface area contributed by atoms with E-state index in [1.165, 1.54) is 18.2 Å². The van der Waals surface area contributed by atoms with E-state index in [1.807, 2.05) is 0 Å². The van der Waals surface area contributed by atoms with Crippen molar-refractivity contribution in [3.8, 4) is 5.75 Å². The average Bonchev–Trinajstić information content (AvgIpc) is 2.37. The van der Waals surface area contributed by atoms with Crippen LogP contribution in [-0.4, -0.2) is 34.7 Å². The number of aliphatic carboxylic acids is 1. The van der Waals surface area contributed by atoms with Gasteiger partial charge in [-0.3, -0.25) is 10.1 Å². The lowest BCUT2D eigenvalue weighted by Crippen LogP contribution is -2.49. The number of nitro benzene ring substituents is 1. The fourth-order valence-corrected chi connectivity index (χ4v) is 1.28. The second-order valence-corrected chi connectivity index (χ2v) is 3.66. The van der Waals surface area contributed by atoms with Crippen molar-refractivity contribution in [2.45, 2.75) is 12.5 Å². The molecule has 0 saturated heterocycles. The molecular weight excluding hydrogens is 258 g/mol. The molecule has 0 radical (unpaired) electrons. The van der Waals surface area contributed by atoms with Crippen LogP contribution in [0.2, 0.25) is 0 Å². The van der Waals surface area contributed by atoms with Gasteiger partial charge in [0.2, 0.25) is 0 Å². The number of nitrogens with zero attached hydrogens (tertiary/aromatic N) is 1. The standard InChI is InChI=1S/C11H11NO7/c1-11(9(13)14,10(15)18-2)19-8-6-4-3-5-7(8)12(16)17/h3-6H,1-2H3,(H,13,14)/t11-/m1/s1. The van der Waals surface area contributed by atoms with Crippen molar-refractivity contribution in [3.05, 3.63) is 34.4 Å². The summed E-state index contributed by atoms with van der Waals surface area (Å²) in [7, 11) is 0.992. The second-order valence-electron chi connectivity index (χ2n) is 3.66. The molecule has 0 heterocycles. The first-order valence-corrected chi connectivity index (χ1v) is 5.07. The van der Waals surface area contributed by atoms with Crippen molar-refractivity contribution < 1.29 is 29.1 Å². The van der Waals surface area contributed by atoms with Crippen LogP contribution in [0.4, 0.5) is 5.69 Å². The van der Waals surface area contributed by atoms with E-state index in [-0.39, 0.29) is 5.75 Å².